The summed E-state index contributed by atoms with van der Waals surface area (Å²) in [4.78, 5) is 10.8. The quantitative estimate of drug-likeness (QED) is 0.0780. The monoisotopic (exact) mass is 503 g/mol. The first kappa shape index (κ1) is 31.2. The molecule has 0 amide bonds. The summed E-state index contributed by atoms with van der Waals surface area (Å²) in [5, 5.41) is 0. The predicted octanol–water partition coefficient (Wildman–Crippen LogP) is 0.641. The first-order valence-corrected chi connectivity index (χ1v) is 12.1. The van der Waals surface area contributed by atoms with Crippen LogP contribution in [0.1, 0.15) is 6.92 Å². The van der Waals surface area contributed by atoms with Crippen molar-refractivity contribution in [2.24, 2.45) is 0 Å². The molecule has 202 valence electrons. The highest BCUT2D eigenvalue weighted by atomic mass is 16.6. The summed E-state index contributed by atoms with van der Waals surface area (Å²) in [6.07, 6.45) is 7.29. The Kier molecular flexibility index (Phi) is 21.3. The van der Waals surface area contributed by atoms with E-state index in [1.165, 1.54) is 0 Å². The number of carbonyl (C=O) groups is 1. The molecule has 0 atom stereocenters. The van der Waals surface area contributed by atoms with Crippen molar-refractivity contribution < 1.29 is 47.3 Å². The maximum absolute atomic E-state index is 10.8. The summed E-state index contributed by atoms with van der Waals surface area (Å²) >= 11 is 0. The third-order valence-electron chi connectivity index (χ3n) is 4.48. The molecule has 0 N–H and O–H groups in total. The van der Waals surface area contributed by atoms with Crippen LogP contribution >= 0.6 is 0 Å². The number of rotatable bonds is 26. The molecule has 0 spiro atoms. The number of hydrogen-bond donors (Lipinski definition) is 0. The second-order valence-corrected chi connectivity index (χ2v) is 7.14. The van der Waals surface area contributed by atoms with Gasteiger partial charge in [-0.25, -0.2) is 13.9 Å². The van der Waals surface area contributed by atoms with E-state index >= 15 is 0 Å². The number of nitrogens with zero attached hydrogens (tertiary/aromatic N) is 2. The smallest absolute Gasteiger partial charge is 0.330 e. The van der Waals surface area contributed by atoms with Gasteiger partial charge in [-0.15, -0.1) is 0 Å². The van der Waals surface area contributed by atoms with E-state index in [2.05, 4.69) is 35.2 Å². The minimum atomic E-state index is -0.453. The Hall–Kier alpha value is -1.86. The molecule has 0 aliphatic carbocycles. The fourth-order valence-corrected chi connectivity index (χ4v) is 2.61. The molecule has 1 aromatic rings. The lowest BCUT2D eigenvalue weighted by Gasteiger charge is -2.08. The standard InChI is InChI=1S/C24H43N2O9/c1-3-24(27)35-22-21-34-20-19-33-18-17-32-16-15-31-14-13-30-12-11-29-10-9-28-8-7-26-6-5-25(4-2)23-26/h3,5-6,23H,1,4,7-22H2,2H3/q+1. The van der Waals surface area contributed by atoms with E-state index < -0.39 is 5.97 Å². The van der Waals surface area contributed by atoms with Crippen molar-refractivity contribution in [1.29, 1.82) is 0 Å². The van der Waals surface area contributed by atoms with Gasteiger partial charge in [-0.05, 0) is 6.92 Å². The summed E-state index contributed by atoms with van der Waals surface area (Å²) in [6, 6.07) is 0. The van der Waals surface area contributed by atoms with Crippen molar-refractivity contribution in [1.82, 2.24) is 4.57 Å². The van der Waals surface area contributed by atoms with Crippen LogP contribution in [0.25, 0.3) is 0 Å². The molecule has 0 aliphatic rings. The van der Waals surface area contributed by atoms with E-state index in [-0.39, 0.29) is 6.61 Å². The second-order valence-electron chi connectivity index (χ2n) is 7.14. The van der Waals surface area contributed by atoms with Gasteiger partial charge < -0.3 is 37.9 Å². The van der Waals surface area contributed by atoms with Crippen LogP contribution in [0.15, 0.2) is 31.4 Å². The van der Waals surface area contributed by atoms with E-state index in [0.717, 1.165) is 19.2 Å². The minimum absolute atomic E-state index is 0.206. The highest BCUT2D eigenvalue weighted by Gasteiger charge is 2.01. The van der Waals surface area contributed by atoms with E-state index in [1.807, 2.05) is 6.20 Å². The van der Waals surface area contributed by atoms with Gasteiger partial charge in [0.15, 0.2) is 0 Å². The first-order chi connectivity index (χ1) is 17.3. The highest BCUT2D eigenvalue weighted by molar-refractivity contribution is 5.81. The van der Waals surface area contributed by atoms with Gasteiger partial charge in [0.2, 0.25) is 6.33 Å². The predicted molar refractivity (Wildman–Crippen MR) is 127 cm³/mol. The van der Waals surface area contributed by atoms with Crippen molar-refractivity contribution in [2.45, 2.75) is 20.0 Å². The molecule has 0 aliphatic heterocycles. The Bertz CT molecular complexity index is 628. The van der Waals surface area contributed by atoms with Gasteiger partial charge in [0.05, 0.1) is 99.0 Å². The third-order valence-corrected chi connectivity index (χ3v) is 4.48. The lowest BCUT2D eigenvalue weighted by molar-refractivity contribution is -0.698. The maximum Gasteiger partial charge on any atom is 0.330 e. The summed E-state index contributed by atoms with van der Waals surface area (Å²) in [5.41, 5.74) is 0. The molecule has 0 radical (unpaired) electrons. The number of aryl methyl sites for hydroxylation is 1. The first-order valence-electron chi connectivity index (χ1n) is 12.1. The van der Waals surface area contributed by atoms with Gasteiger partial charge in [-0.2, -0.15) is 0 Å². The van der Waals surface area contributed by atoms with Gasteiger partial charge in [0.1, 0.15) is 25.5 Å². The Morgan fingerprint density at radius 2 is 1.11 bits per heavy atom. The molecule has 0 aromatic carbocycles. The zero-order chi connectivity index (χ0) is 25.2. The zero-order valence-electron chi connectivity index (χ0n) is 21.1. The van der Waals surface area contributed by atoms with E-state index in [9.17, 15) is 4.79 Å². The normalized spacial score (nSPS) is 11.1. The molecule has 0 bridgehead atoms. The molecule has 1 aromatic heterocycles. The van der Waals surface area contributed by atoms with Gasteiger partial charge >= 0.3 is 5.97 Å². The summed E-state index contributed by atoms with van der Waals surface area (Å²) in [5.74, 6) is -0.453. The average molecular weight is 504 g/mol. The molecule has 35 heavy (non-hydrogen) atoms. The summed E-state index contributed by atoms with van der Waals surface area (Å²) in [6.45, 7) is 14.5. The third kappa shape index (κ3) is 20.1. The van der Waals surface area contributed by atoms with Crippen molar-refractivity contribution in [3.05, 3.63) is 31.4 Å². The molecule has 1 heterocycles. The van der Waals surface area contributed by atoms with Crippen molar-refractivity contribution in [2.75, 3.05) is 99.1 Å². The molecule has 11 heteroatoms. The van der Waals surface area contributed by atoms with E-state index in [1.54, 1.807) is 0 Å². The maximum atomic E-state index is 10.8. The van der Waals surface area contributed by atoms with Crippen LogP contribution in [0.3, 0.4) is 0 Å². The molecule has 11 nitrogen and oxygen atoms in total. The number of esters is 1. The van der Waals surface area contributed by atoms with Crippen molar-refractivity contribution in [3.63, 3.8) is 0 Å². The van der Waals surface area contributed by atoms with Crippen LogP contribution in [-0.4, -0.2) is 110 Å². The molecule has 0 fully saturated rings. The van der Waals surface area contributed by atoms with Crippen LogP contribution in [0.2, 0.25) is 0 Å². The van der Waals surface area contributed by atoms with Gasteiger partial charge in [-0.1, -0.05) is 6.58 Å². The lowest BCUT2D eigenvalue weighted by atomic mass is 10.6. The Morgan fingerprint density at radius 1 is 0.714 bits per heavy atom. The molecule has 0 saturated heterocycles. The van der Waals surface area contributed by atoms with E-state index in [4.69, 9.17) is 37.9 Å². The fourth-order valence-electron chi connectivity index (χ4n) is 2.61. The van der Waals surface area contributed by atoms with Gasteiger partial charge in [-0.3, -0.25) is 0 Å². The number of carbonyl (C=O) groups excluding carboxylic acids is 1. The fraction of sp³-hybridized carbons (Fsp3) is 0.750. The van der Waals surface area contributed by atoms with Crippen molar-refractivity contribution in [3.8, 4) is 0 Å². The SMILES string of the molecule is C=CC(=O)OCCOCCOCCOCCOCCOCCOCCOCC[n+]1ccn(CC)c1. The zero-order valence-corrected chi connectivity index (χ0v) is 21.1. The largest absolute Gasteiger partial charge is 0.460 e. The Balaban J connectivity index is 1.67. The summed E-state index contributed by atoms with van der Waals surface area (Å²) in [7, 11) is 0. The van der Waals surface area contributed by atoms with Crippen LogP contribution < -0.4 is 4.57 Å². The molecule has 1 rings (SSSR count). The number of imidazole rings is 1. The Labute approximate surface area is 208 Å². The number of ether oxygens (including phenoxy) is 8. The Morgan fingerprint density at radius 3 is 1.49 bits per heavy atom. The number of aromatic nitrogens is 2. The number of hydrogen-bond acceptors (Lipinski definition) is 9. The molecular formula is C24H43N2O9+. The highest BCUT2D eigenvalue weighted by Crippen LogP contribution is 1.87. The van der Waals surface area contributed by atoms with Crippen molar-refractivity contribution >= 4 is 5.97 Å². The summed E-state index contributed by atoms with van der Waals surface area (Å²) < 4.78 is 47.0. The van der Waals surface area contributed by atoms with Crippen LogP contribution in [-0.2, 0) is 55.8 Å². The second kappa shape index (κ2) is 23.9. The topological polar surface area (TPSA) is 99.7 Å². The molecule has 0 saturated carbocycles. The lowest BCUT2D eigenvalue weighted by Crippen LogP contribution is -2.33. The van der Waals surface area contributed by atoms with Crippen LogP contribution in [0.4, 0.5) is 0 Å². The molecular weight excluding hydrogens is 460 g/mol. The minimum Gasteiger partial charge on any atom is -0.460 e. The molecule has 0 unspecified atom stereocenters. The van der Waals surface area contributed by atoms with Crippen LogP contribution in [0.5, 0.6) is 0 Å². The van der Waals surface area contributed by atoms with Crippen LogP contribution in [0, 0.1) is 0 Å². The van der Waals surface area contributed by atoms with E-state index in [0.29, 0.717) is 92.5 Å². The average Bonchev–Trinajstić information content (AvgIpc) is 3.34. The van der Waals surface area contributed by atoms with Gasteiger partial charge in [0, 0.05) is 6.08 Å². The van der Waals surface area contributed by atoms with Gasteiger partial charge in [0.25, 0.3) is 0 Å².